The standard InChI is InChI=1S/C28H18/c1-3-7-22-17(5-1)9-12-25-24(22)11-10-19-14-21-15-26-20(16-27(21)28(19)25)13-18-6-2-4-8-23(18)26/h1-12,15-16H,13-14H2. The fourth-order valence-corrected chi connectivity index (χ4v) is 5.41. The highest BCUT2D eigenvalue weighted by molar-refractivity contribution is 6.13. The molecule has 28 heavy (non-hydrogen) atoms. The van der Waals surface area contributed by atoms with Gasteiger partial charge in [0.25, 0.3) is 0 Å². The minimum absolute atomic E-state index is 1.04. The molecule has 0 aliphatic heterocycles. The van der Waals surface area contributed by atoms with Gasteiger partial charge in [0.15, 0.2) is 0 Å². The number of rotatable bonds is 0. The third-order valence-electron chi connectivity index (χ3n) is 6.68. The fourth-order valence-electron chi connectivity index (χ4n) is 5.41. The van der Waals surface area contributed by atoms with Crippen LogP contribution in [0.5, 0.6) is 0 Å². The van der Waals surface area contributed by atoms with Crippen LogP contribution < -0.4 is 0 Å². The van der Waals surface area contributed by atoms with Crippen molar-refractivity contribution >= 4 is 21.5 Å². The largest absolute Gasteiger partial charge is 0.0619 e. The van der Waals surface area contributed by atoms with Crippen LogP contribution >= 0.6 is 0 Å². The Hall–Kier alpha value is -3.38. The molecule has 0 saturated heterocycles. The van der Waals surface area contributed by atoms with Crippen molar-refractivity contribution in [3.63, 3.8) is 0 Å². The van der Waals surface area contributed by atoms with Crippen molar-refractivity contribution in [1.82, 2.24) is 0 Å². The van der Waals surface area contributed by atoms with Crippen molar-refractivity contribution in [3.8, 4) is 22.3 Å². The molecule has 0 atom stereocenters. The maximum Gasteiger partial charge on any atom is -0.00130 e. The van der Waals surface area contributed by atoms with Gasteiger partial charge >= 0.3 is 0 Å². The van der Waals surface area contributed by atoms with Crippen molar-refractivity contribution in [2.75, 3.05) is 0 Å². The summed E-state index contributed by atoms with van der Waals surface area (Å²) in [5, 5.41) is 5.43. The Morgan fingerprint density at radius 1 is 0.429 bits per heavy atom. The molecule has 0 fully saturated rings. The molecule has 0 spiro atoms. The minimum atomic E-state index is 1.04. The van der Waals surface area contributed by atoms with Crippen molar-refractivity contribution < 1.29 is 0 Å². The van der Waals surface area contributed by atoms with E-state index in [-0.39, 0.29) is 0 Å². The molecule has 5 aromatic rings. The van der Waals surface area contributed by atoms with E-state index in [0.29, 0.717) is 0 Å². The quantitative estimate of drug-likeness (QED) is 0.254. The molecular formula is C28H18. The summed E-state index contributed by atoms with van der Waals surface area (Å²) >= 11 is 0. The lowest BCUT2D eigenvalue weighted by Gasteiger charge is -2.11. The number of hydrogen-bond acceptors (Lipinski definition) is 0. The Balaban J connectivity index is 1.52. The second-order valence-electron chi connectivity index (χ2n) is 8.16. The predicted molar refractivity (Wildman–Crippen MR) is 118 cm³/mol. The molecule has 0 radical (unpaired) electrons. The van der Waals surface area contributed by atoms with Crippen molar-refractivity contribution in [3.05, 3.63) is 107 Å². The second-order valence-corrected chi connectivity index (χ2v) is 8.16. The van der Waals surface area contributed by atoms with Crippen LogP contribution in [0.1, 0.15) is 22.3 Å². The van der Waals surface area contributed by atoms with Crippen LogP contribution in [-0.2, 0) is 12.8 Å². The zero-order chi connectivity index (χ0) is 18.2. The Kier molecular flexibility index (Phi) is 2.67. The van der Waals surface area contributed by atoms with Gasteiger partial charge in [0.05, 0.1) is 0 Å². The normalized spacial score (nSPS) is 13.4. The molecule has 7 rings (SSSR count). The van der Waals surface area contributed by atoms with Gasteiger partial charge in [-0.25, -0.2) is 0 Å². The maximum atomic E-state index is 2.48. The summed E-state index contributed by atoms with van der Waals surface area (Å²) in [5.41, 5.74) is 11.7. The summed E-state index contributed by atoms with van der Waals surface area (Å²) in [7, 11) is 0. The SMILES string of the molecule is c1ccc2c(c1)Cc1cc3c(cc1-2)Cc1ccc2c(ccc4ccccc42)c1-3. The fraction of sp³-hybridized carbons (Fsp3) is 0.0714. The molecule has 130 valence electrons. The first-order valence-electron chi connectivity index (χ1n) is 10.0. The Morgan fingerprint density at radius 2 is 1.18 bits per heavy atom. The average molecular weight is 354 g/mol. The van der Waals surface area contributed by atoms with Crippen LogP contribution in [0.3, 0.4) is 0 Å². The van der Waals surface area contributed by atoms with Gasteiger partial charge in [-0.15, -0.1) is 0 Å². The topological polar surface area (TPSA) is 0 Å². The summed E-state index contributed by atoms with van der Waals surface area (Å²) in [4.78, 5) is 0. The lowest BCUT2D eigenvalue weighted by molar-refractivity contribution is 1.24. The molecular weight excluding hydrogens is 336 g/mol. The number of fused-ring (bicyclic) bond motifs is 10. The summed E-state index contributed by atoms with van der Waals surface area (Å²) in [6.07, 6.45) is 2.10. The molecule has 2 aliphatic rings. The van der Waals surface area contributed by atoms with Gasteiger partial charge in [-0.2, -0.15) is 0 Å². The zero-order valence-corrected chi connectivity index (χ0v) is 15.5. The highest BCUT2D eigenvalue weighted by atomic mass is 14.3. The molecule has 2 aliphatic carbocycles. The van der Waals surface area contributed by atoms with E-state index in [2.05, 4.69) is 84.9 Å². The summed E-state index contributed by atoms with van der Waals surface area (Å²) < 4.78 is 0. The molecule has 0 amide bonds. The molecule has 0 N–H and O–H groups in total. The van der Waals surface area contributed by atoms with Gasteiger partial charge in [-0.05, 0) is 91.0 Å². The molecule has 0 heterocycles. The smallest absolute Gasteiger partial charge is 0.00130 e. The summed E-state index contributed by atoms with van der Waals surface area (Å²) in [6, 6.07) is 31.8. The number of benzene rings is 5. The molecule has 0 unspecified atom stereocenters. The highest BCUT2D eigenvalue weighted by Crippen LogP contribution is 2.47. The first-order chi connectivity index (χ1) is 13.9. The van der Waals surface area contributed by atoms with Crippen molar-refractivity contribution in [2.45, 2.75) is 12.8 Å². The summed E-state index contributed by atoms with van der Waals surface area (Å²) in [5.74, 6) is 0. The van der Waals surface area contributed by atoms with Crippen LogP contribution in [0.25, 0.3) is 43.8 Å². The van der Waals surface area contributed by atoms with Gasteiger partial charge in [0, 0.05) is 0 Å². The first-order valence-corrected chi connectivity index (χ1v) is 10.0. The molecule has 0 heteroatoms. The van der Waals surface area contributed by atoms with E-state index in [9.17, 15) is 0 Å². The maximum absolute atomic E-state index is 2.48. The van der Waals surface area contributed by atoms with Gasteiger partial charge < -0.3 is 0 Å². The van der Waals surface area contributed by atoms with Crippen LogP contribution in [0, 0.1) is 0 Å². The monoisotopic (exact) mass is 354 g/mol. The predicted octanol–water partition coefficient (Wildman–Crippen LogP) is 7.14. The molecule has 0 nitrogen and oxygen atoms in total. The van der Waals surface area contributed by atoms with Crippen LogP contribution in [0.2, 0.25) is 0 Å². The van der Waals surface area contributed by atoms with E-state index < -0.39 is 0 Å². The van der Waals surface area contributed by atoms with E-state index in [1.807, 2.05) is 0 Å². The zero-order valence-electron chi connectivity index (χ0n) is 15.5. The van der Waals surface area contributed by atoms with E-state index >= 15 is 0 Å². The third-order valence-corrected chi connectivity index (χ3v) is 6.68. The van der Waals surface area contributed by atoms with Gasteiger partial charge in [-0.3, -0.25) is 0 Å². The lowest BCUT2D eigenvalue weighted by Crippen LogP contribution is -1.86. The van der Waals surface area contributed by atoms with Crippen molar-refractivity contribution in [1.29, 1.82) is 0 Å². The Morgan fingerprint density at radius 3 is 2.18 bits per heavy atom. The average Bonchev–Trinajstić information content (AvgIpc) is 3.29. The van der Waals surface area contributed by atoms with Crippen molar-refractivity contribution in [2.24, 2.45) is 0 Å². The lowest BCUT2D eigenvalue weighted by atomic mass is 9.93. The molecule has 0 bridgehead atoms. The van der Waals surface area contributed by atoms with E-state index in [1.165, 1.54) is 66.1 Å². The van der Waals surface area contributed by atoms with Crippen LogP contribution in [0.4, 0.5) is 0 Å². The molecule has 5 aromatic carbocycles. The van der Waals surface area contributed by atoms with Crippen LogP contribution in [-0.4, -0.2) is 0 Å². The molecule has 0 aromatic heterocycles. The van der Waals surface area contributed by atoms with E-state index in [4.69, 9.17) is 0 Å². The van der Waals surface area contributed by atoms with E-state index in [0.717, 1.165) is 12.8 Å². The number of hydrogen-bond donors (Lipinski definition) is 0. The molecule has 0 saturated carbocycles. The second kappa shape index (κ2) is 5.11. The van der Waals surface area contributed by atoms with Crippen LogP contribution in [0.15, 0.2) is 84.9 Å². The van der Waals surface area contributed by atoms with Gasteiger partial charge in [-0.1, -0.05) is 72.8 Å². The van der Waals surface area contributed by atoms with Gasteiger partial charge in [0.2, 0.25) is 0 Å². The van der Waals surface area contributed by atoms with E-state index in [1.54, 1.807) is 0 Å². The Bertz CT molecular complexity index is 1450. The highest BCUT2D eigenvalue weighted by Gasteiger charge is 2.26. The minimum Gasteiger partial charge on any atom is -0.0619 e. The first kappa shape index (κ1) is 14.6. The summed E-state index contributed by atoms with van der Waals surface area (Å²) in [6.45, 7) is 0. The Labute approximate surface area is 164 Å². The van der Waals surface area contributed by atoms with Gasteiger partial charge in [0.1, 0.15) is 0 Å². The third kappa shape index (κ3) is 1.80.